The van der Waals surface area contributed by atoms with E-state index in [1.165, 1.54) is 19.2 Å². The molecule has 0 bridgehead atoms. The van der Waals surface area contributed by atoms with Gasteiger partial charge in [0.1, 0.15) is 0 Å². The molecule has 1 aromatic heterocycles. The number of fused-ring (bicyclic) bond motifs is 1. The molecule has 1 amide bonds. The molecule has 1 N–H and O–H groups in total. The first-order valence-electron chi connectivity index (χ1n) is 8.76. The van der Waals surface area contributed by atoms with Crippen molar-refractivity contribution in [1.29, 1.82) is 5.26 Å². The van der Waals surface area contributed by atoms with Crippen molar-refractivity contribution in [2.75, 3.05) is 19.4 Å². The summed E-state index contributed by atoms with van der Waals surface area (Å²) in [6.07, 6.45) is 0.235. The van der Waals surface area contributed by atoms with E-state index in [2.05, 4.69) is 10.3 Å². The summed E-state index contributed by atoms with van der Waals surface area (Å²) in [7, 11) is 1.28. The first kappa shape index (κ1) is 21.4. The van der Waals surface area contributed by atoms with Gasteiger partial charge < -0.3 is 10.1 Å². The molecule has 0 aliphatic rings. The quantitative estimate of drug-likeness (QED) is 0.311. The molecule has 1 heterocycles. The summed E-state index contributed by atoms with van der Waals surface area (Å²) < 4.78 is 6.27. The Kier molecular flexibility index (Phi) is 7.58. The van der Waals surface area contributed by atoms with E-state index in [9.17, 15) is 14.4 Å². The van der Waals surface area contributed by atoms with Crippen molar-refractivity contribution in [1.82, 2.24) is 14.9 Å². The van der Waals surface area contributed by atoms with E-state index in [0.29, 0.717) is 28.2 Å². The van der Waals surface area contributed by atoms with Crippen molar-refractivity contribution in [2.45, 2.75) is 32.0 Å². The van der Waals surface area contributed by atoms with Crippen molar-refractivity contribution in [3.05, 3.63) is 34.1 Å². The molecular formula is C19H22N4O4S. The molecule has 0 atom stereocenters. The van der Waals surface area contributed by atoms with Crippen LogP contribution in [0.5, 0.6) is 0 Å². The minimum absolute atomic E-state index is 0.0676. The number of esters is 1. The average Bonchev–Trinajstić information content (AvgIpc) is 2.67. The molecule has 8 nitrogen and oxygen atoms in total. The minimum atomic E-state index is -0.513. The Balaban J connectivity index is 2.39. The Hall–Kier alpha value is -2.86. The zero-order valence-electron chi connectivity index (χ0n) is 16.0. The lowest BCUT2D eigenvalue weighted by Gasteiger charge is -2.15. The van der Waals surface area contributed by atoms with Crippen molar-refractivity contribution >= 4 is 34.5 Å². The maximum absolute atomic E-state index is 12.9. The number of ether oxygens (including phenoxy) is 1. The van der Waals surface area contributed by atoms with Crippen LogP contribution in [0, 0.1) is 17.2 Å². The molecule has 0 spiro atoms. The Labute approximate surface area is 166 Å². The van der Waals surface area contributed by atoms with Crippen LogP contribution in [0.3, 0.4) is 0 Å². The molecule has 0 radical (unpaired) electrons. The third-order valence-corrected chi connectivity index (χ3v) is 4.76. The molecule has 1 aromatic carbocycles. The van der Waals surface area contributed by atoms with Gasteiger partial charge in [-0.15, -0.1) is 0 Å². The van der Waals surface area contributed by atoms with Crippen LogP contribution in [-0.4, -0.2) is 40.8 Å². The summed E-state index contributed by atoms with van der Waals surface area (Å²) in [5.41, 5.74) is 0.455. The van der Waals surface area contributed by atoms with Gasteiger partial charge in [0.05, 0.1) is 41.8 Å². The fourth-order valence-electron chi connectivity index (χ4n) is 2.52. The normalized spacial score (nSPS) is 10.7. The number of benzene rings is 1. The predicted octanol–water partition coefficient (Wildman–Crippen LogP) is 1.96. The monoisotopic (exact) mass is 402 g/mol. The lowest BCUT2D eigenvalue weighted by molar-refractivity contribution is -0.118. The lowest BCUT2D eigenvalue weighted by atomic mass is 10.1. The highest BCUT2D eigenvalue weighted by molar-refractivity contribution is 7.99. The Morgan fingerprint density at radius 3 is 2.79 bits per heavy atom. The predicted molar refractivity (Wildman–Crippen MR) is 106 cm³/mol. The fraction of sp³-hybridized carbons (Fsp3) is 0.421. The first-order valence-corrected chi connectivity index (χ1v) is 9.75. The number of amides is 1. The van der Waals surface area contributed by atoms with Crippen LogP contribution in [-0.2, 0) is 16.1 Å². The van der Waals surface area contributed by atoms with Gasteiger partial charge >= 0.3 is 5.97 Å². The summed E-state index contributed by atoms with van der Waals surface area (Å²) in [5.74, 6) is -0.483. The first-order chi connectivity index (χ1) is 13.4. The summed E-state index contributed by atoms with van der Waals surface area (Å²) in [6.45, 7) is 4.71. The van der Waals surface area contributed by atoms with Gasteiger partial charge in [-0.3, -0.25) is 14.2 Å². The number of thioether (sulfide) groups is 1. The summed E-state index contributed by atoms with van der Waals surface area (Å²) in [5, 5.41) is 12.0. The van der Waals surface area contributed by atoms with Gasteiger partial charge in [-0.2, -0.15) is 5.26 Å². The maximum Gasteiger partial charge on any atom is 0.337 e. The van der Waals surface area contributed by atoms with Gasteiger partial charge in [0.2, 0.25) is 5.91 Å². The highest BCUT2D eigenvalue weighted by atomic mass is 32.2. The molecule has 148 valence electrons. The van der Waals surface area contributed by atoms with Crippen LogP contribution in [0.2, 0.25) is 0 Å². The van der Waals surface area contributed by atoms with Crippen molar-refractivity contribution in [3.8, 4) is 6.07 Å². The number of carbonyl (C=O) groups excluding carboxylic acids is 2. The zero-order valence-corrected chi connectivity index (χ0v) is 16.8. The molecule has 0 fully saturated rings. The SMILES string of the molecule is COC(=O)c1ccc2c(=O)n(CC(C)C)c(SCC(=O)NCCC#N)nc2c1. The molecule has 0 aliphatic carbocycles. The number of rotatable bonds is 8. The molecule has 0 saturated carbocycles. The van der Waals surface area contributed by atoms with Gasteiger partial charge in [0, 0.05) is 13.1 Å². The van der Waals surface area contributed by atoms with E-state index in [1.807, 2.05) is 19.9 Å². The molecule has 28 heavy (non-hydrogen) atoms. The third-order valence-electron chi connectivity index (χ3n) is 3.78. The van der Waals surface area contributed by atoms with E-state index in [4.69, 9.17) is 10.00 Å². The van der Waals surface area contributed by atoms with E-state index >= 15 is 0 Å². The molecule has 0 saturated heterocycles. The van der Waals surface area contributed by atoms with Crippen LogP contribution < -0.4 is 10.9 Å². The van der Waals surface area contributed by atoms with E-state index in [-0.39, 0.29) is 36.1 Å². The van der Waals surface area contributed by atoms with Gasteiger partial charge in [0.25, 0.3) is 5.56 Å². The number of nitrogens with one attached hydrogen (secondary N) is 1. The number of nitriles is 1. The standard InChI is InChI=1S/C19H22N4O4S/c1-12(2)10-23-17(25)14-6-5-13(18(26)27-3)9-15(14)22-19(23)28-11-16(24)21-8-4-7-20/h5-6,9,12H,4,8,10-11H2,1-3H3,(H,21,24). The number of methoxy groups -OCH3 is 1. The summed E-state index contributed by atoms with van der Waals surface area (Å²) in [6, 6.07) is 6.57. The topological polar surface area (TPSA) is 114 Å². The summed E-state index contributed by atoms with van der Waals surface area (Å²) in [4.78, 5) is 41.2. The van der Waals surface area contributed by atoms with Gasteiger partial charge in [-0.05, 0) is 24.1 Å². The van der Waals surface area contributed by atoms with Gasteiger partial charge in [-0.25, -0.2) is 9.78 Å². The summed E-state index contributed by atoms with van der Waals surface area (Å²) >= 11 is 1.14. The Morgan fingerprint density at radius 2 is 2.14 bits per heavy atom. The van der Waals surface area contributed by atoms with Crippen LogP contribution in [0.25, 0.3) is 10.9 Å². The Morgan fingerprint density at radius 1 is 1.39 bits per heavy atom. The highest BCUT2D eigenvalue weighted by Crippen LogP contribution is 2.20. The van der Waals surface area contributed by atoms with Gasteiger partial charge in [0.15, 0.2) is 5.16 Å². The third kappa shape index (κ3) is 5.33. The van der Waals surface area contributed by atoms with Crippen molar-refractivity contribution < 1.29 is 14.3 Å². The number of aromatic nitrogens is 2. The van der Waals surface area contributed by atoms with E-state index in [0.717, 1.165) is 11.8 Å². The fourth-order valence-corrected chi connectivity index (χ4v) is 3.36. The van der Waals surface area contributed by atoms with Crippen LogP contribution in [0.15, 0.2) is 28.2 Å². The molecule has 9 heteroatoms. The Bertz CT molecular complexity index is 978. The van der Waals surface area contributed by atoms with Crippen LogP contribution >= 0.6 is 11.8 Å². The smallest absolute Gasteiger partial charge is 0.337 e. The average molecular weight is 402 g/mol. The molecular weight excluding hydrogens is 380 g/mol. The number of nitrogens with zero attached hydrogens (tertiary/aromatic N) is 3. The molecule has 0 aliphatic heterocycles. The molecule has 2 rings (SSSR count). The second-order valence-corrected chi connectivity index (χ2v) is 7.42. The number of hydrogen-bond acceptors (Lipinski definition) is 7. The van der Waals surface area contributed by atoms with E-state index in [1.54, 1.807) is 10.6 Å². The zero-order chi connectivity index (χ0) is 20.7. The number of carbonyl (C=O) groups is 2. The highest BCUT2D eigenvalue weighted by Gasteiger charge is 2.16. The van der Waals surface area contributed by atoms with E-state index < -0.39 is 5.97 Å². The van der Waals surface area contributed by atoms with Crippen molar-refractivity contribution in [2.24, 2.45) is 5.92 Å². The van der Waals surface area contributed by atoms with Crippen LogP contribution in [0.4, 0.5) is 0 Å². The van der Waals surface area contributed by atoms with Crippen molar-refractivity contribution in [3.63, 3.8) is 0 Å². The maximum atomic E-state index is 12.9. The van der Waals surface area contributed by atoms with Gasteiger partial charge in [-0.1, -0.05) is 25.6 Å². The van der Waals surface area contributed by atoms with Crippen LogP contribution in [0.1, 0.15) is 30.6 Å². The largest absolute Gasteiger partial charge is 0.465 e. The molecule has 0 unspecified atom stereocenters. The second-order valence-electron chi connectivity index (χ2n) is 6.47. The minimum Gasteiger partial charge on any atom is -0.465 e. The second kappa shape index (κ2) is 9.90. The molecule has 2 aromatic rings. The number of hydrogen-bond donors (Lipinski definition) is 1. The lowest BCUT2D eigenvalue weighted by Crippen LogP contribution is -2.28.